The highest BCUT2D eigenvalue weighted by Crippen LogP contribution is 2.28. The molecule has 1 heterocycles. The third-order valence-corrected chi connectivity index (χ3v) is 4.22. The standard InChI is InChI=1S/C16H22N2O/c1-11-10-13(16(19)18-14-3-4-14)2-5-15(11)12-6-8-17-9-7-12/h2,5,10,12,14,17H,3-4,6-9H2,1H3,(H,18,19). The molecule has 3 nitrogen and oxygen atoms in total. The Labute approximate surface area is 114 Å². The Morgan fingerprint density at radius 3 is 2.58 bits per heavy atom. The second-order valence-corrected chi connectivity index (χ2v) is 5.84. The van der Waals surface area contributed by atoms with E-state index < -0.39 is 0 Å². The van der Waals surface area contributed by atoms with Crippen molar-refractivity contribution in [1.29, 1.82) is 0 Å². The van der Waals surface area contributed by atoms with Crippen LogP contribution in [-0.4, -0.2) is 25.0 Å². The predicted octanol–water partition coefficient (Wildman–Crippen LogP) is 2.35. The van der Waals surface area contributed by atoms with Crippen LogP contribution in [0.5, 0.6) is 0 Å². The van der Waals surface area contributed by atoms with E-state index in [0.717, 1.165) is 31.5 Å². The maximum atomic E-state index is 12.0. The molecule has 102 valence electrons. The van der Waals surface area contributed by atoms with Crippen LogP contribution < -0.4 is 10.6 Å². The van der Waals surface area contributed by atoms with E-state index in [2.05, 4.69) is 29.7 Å². The van der Waals surface area contributed by atoms with Crippen molar-refractivity contribution in [3.8, 4) is 0 Å². The van der Waals surface area contributed by atoms with Crippen molar-refractivity contribution in [3.05, 3.63) is 34.9 Å². The second-order valence-electron chi connectivity index (χ2n) is 5.84. The highest BCUT2D eigenvalue weighted by molar-refractivity contribution is 5.94. The van der Waals surface area contributed by atoms with E-state index in [4.69, 9.17) is 0 Å². The fraction of sp³-hybridized carbons (Fsp3) is 0.562. The Balaban J connectivity index is 1.74. The Bertz CT molecular complexity index is 474. The first-order valence-corrected chi connectivity index (χ1v) is 7.36. The Morgan fingerprint density at radius 2 is 1.95 bits per heavy atom. The molecule has 1 aromatic carbocycles. The average Bonchev–Trinajstić information content (AvgIpc) is 3.23. The van der Waals surface area contributed by atoms with Crippen LogP contribution in [0.15, 0.2) is 18.2 Å². The van der Waals surface area contributed by atoms with Gasteiger partial charge in [-0.2, -0.15) is 0 Å². The quantitative estimate of drug-likeness (QED) is 0.874. The number of aryl methyl sites for hydroxylation is 1. The van der Waals surface area contributed by atoms with Crippen LogP contribution in [0, 0.1) is 6.92 Å². The largest absolute Gasteiger partial charge is 0.349 e. The molecule has 0 aromatic heterocycles. The summed E-state index contributed by atoms with van der Waals surface area (Å²) in [5.74, 6) is 0.740. The zero-order valence-corrected chi connectivity index (χ0v) is 11.5. The van der Waals surface area contributed by atoms with E-state index in [1.807, 2.05) is 6.07 Å². The smallest absolute Gasteiger partial charge is 0.251 e. The molecule has 2 aliphatic rings. The first-order chi connectivity index (χ1) is 9.24. The minimum absolute atomic E-state index is 0.0856. The molecule has 2 fully saturated rings. The van der Waals surface area contributed by atoms with Crippen LogP contribution >= 0.6 is 0 Å². The van der Waals surface area contributed by atoms with Crippen LogP contribution in [-0.2, 0) is 0 Å². The van der Waals surface area contributed by atoms with Gasteiger partial charge < -0.3 is 10.6 Å². The summed E-state index contributed by atoms with van der Waals surface area (Å²) >= 11 is 0. The number of hydrogen-bond donors (Lipinski definition) is 2. The number of rotatable bonds is 3. The number of amides is 1. The maximum Gasteiger partial charge on any atom is 0.251 e. The van der Waals surface area contributed by atoms with E-state index >= 15 is 0 Å². The van der Waals surface area contributed by atoms with Crippen molar-refractivity contribution < 1.29 is 4.79 Å². The van der Waals surface area contributed by atoms with Crippen molar-refractivity contribution in [2.24, 2.45) is 0 Å². The molecule has 1 aromatic rings. The number of carbonyl (C=O) groups excluding carboxylic acids is 1. The molecule has 0 unspecified atom stereocenters. The lowest BCUT2D eigenvalue weighted by atomic mass is 9.87. The number of hydrogen-bond acceptors (Lipinski definition) is 2. The van der Waals surface area contributed by atoms with Crippen LogP contribution in [0.3, 0.4) is 0 Å². The highest BCUT2D eigenvalue weighted by atomic mass is 16.1. The Kier molecular flexibility index (Phi) is 3.56. The molecule has 3 heteroatoms. The molecular formula is C16H22N2O. The van der Waals surface area contributed by atoms with Gasteiger partial charge in [-0.15, -0.1) is 0 Å². The fourth-order valence-corrected chi connectivity index (χ4v) is 2.90. The SMILES string of the molecule is Cc1cc(C(=O)NC2CC2)ccc1C1CCNCC1. The normalized spacial score (nSPS) is 20.3. The van der Waals surface area contributed by atoms with Gasteiger partial charge in [0.15, 0.2) is 0 Å². The molecule has 1 saturated heterocycles. The van der Waals surface area contributed by atoms with Gasteiger partial charge in [-0.05, 0) is 74.9 Å². The third-order valence-electron chi connectivity index (χ3n) is 4.22. The predicted molar refractivity (Wildman–Crippen MR) is 76.5 cm³/mol. The molecule has 0 radical (unpaired) electrons. The second kappa shape index (κ2) is 5.33. The molecule has 2 N–H and O–H groups in total. The van der Waals surface area contributed by atoms with Gasteiger partial charge in [0.2, 0.25) is 0 Å². The number of nitrogens with one attached hydrogen (secondary N) is 2. The van der Waals surface area contributed by atoms with Crippen molar-refractivity contribution in [1.82, 2.24) is 10.6 Å². The zero-order chi connectivity index (χ0) is 13.2. The summed E-state index contributed by atoms with van der Waals surface area (Å²) in [6, 6.07) is 6.63. The van der Waals surface area contributed by atoms with E-state index in [9.17, 15) is 4.79 Å². The zero-order valence-electron chi connectivity index (χ0n) is 11.5. The van der Waals surface area contributed by atoms with E-state index in [-0.39, 0.29) is 5.91 Å². The average molecular weight is 258 g/mol. The molecule has 0 bridgehead atoms. The van der Waals surface area contributed by atoms with Crippen molar-refractivity contribution in [2.75, 3.05) is 13.1 Å². The lowest BCUT2D eigenvalue weighted by Gasteiger charge is -2.24. The van der Waals surface area contributed by atoms with Crippen LogP contribution in [0.2, 0.25) is 0 Å². The number of carbonyl (C=O) groups is 1. The summed E-state index contributed by atoms with van der Waals surface area (Å²) < 4.78 is 0. The molecule has 1 aliphatic carbocycles. The molecule has 0 atom stereocenters. The third kappa shape index (κ3) is 2.98. The van der Waals surface area contributed by atoms with E-state index in [1.165, 1.54) is 24.0 Å². The van der Waals surface area contributed by atoms with Gasteiger partial charge in [0.25, 0.3) is 5.91 Å². The van der Waals surface area contributed by atoms with E-state index in [1.54, 1.807) is 0 Å². The summed E-state index contributed by atoms with van der Waals surface area (Å²) in [4.78, 5) is 12.0. The molecule has 1 aliphatic heterocycles. The van der Waals surface area contributed by atoms with E-state index in [0.29, 0.717) is 12.0 Å². The van der Waals surface area contributed by atoms with Crippen LogP contribution in [0.4, 0.5) is 0 Å². The maximum absolute atomic E-state index is 12.0. The minimum Gasteiger partial charge on any atom is -0.349 e. The molecule has 3 rings (SSSR count). The molecule has 1 amide bonds. The summed E-state index contributed by atoms with van der Waals surface area (Å²) in [6.45, 7) is 4.34. The highest BCUT2D eigenvalue weighted by Gasteiger charge is 2.24. The van der Waals surface area contributed by atoms with Gasteiger partial charge in [-0.25, -0.2) is 0 Å². The van der Waals surface area contributed by atoms with Gasteiger partial charge in [0.1, 0.15) is 0 Å². The lowest BCUT2D eigenvalue weighted by molar-refractivity contribution is 0.0951. The molecular weight excluding hydrogens is 236 g/mol. The molecule has 1 saturated carbocycles. The summed E-state index contributed by atoms with van der Waals surface area (Å²) in [7, 11) is 0. The summed E-state index contributed by atoms with van der Waals surface area (Å²) in [6.07, 6.45) is 4.68. The lowest BCUT2D eigenvalue weighted by Crippen LogP contribution is -2.27. The van der Waals surface area contributed by atoms with Crippen molar-refractivity contribution in [2.45, 2.75) is 44.6 Å². The summed E-state index contributed by atoms with van der Waals surface area (Å²) in [5.41, 5.74) is 3.49. The Hall–Kier alpha value is -1.35. The number of benzene rings is 1. The van der Waals surface area contributed by atoms with Crippen LogP contribution in [0.25, 0.3) is 0 Å². The van der Waals surface area contributed by atoms with Gasteiger partial charge in [0, 0.05) is 11.6 Å². The first-order valence-electron chi connectivity index (χ1n) is 7.36. The first kappa shape index (κ1) is 12.7. The molecule has 0 spiro atoms. The van der Waals surface area contributed by atoms with Gasteiger partial charge in [0.05, 0.1) is 0 Å². The Morgan fingerprint density at radius 1 is 1.21 bits per heavy atom. The number of piperidine rings is 1. The molecule has 19 heavy (non-hydrogen) atoms. The minimum atomic E-state index is 0.0856. The van der Waals surface area contributed by atoms with Crippen LogP contribution in [0.1, 0.15) is 53.1 Å². The van der Waals surface area contributed by atoms with Crippen molar-refractivity contribution in [3.63, 3.8) is 0 Å². The fourth-order valence-electron chi connectivity index (χ4n) is 2.90. The van der Waals surface area contributed by atoms with Crippen molar-refractivity contribution >= 4 is 5.91 Å². The van der Waals surface area contributed by atoms with Gasteiger partial charge in [-0.3, -0.25) is 4.79 Å². The topological polar surface area (TPSA) is 41.1 Å². The van der Waals surface area contributed by atoms with Gasteiger partial charge in [-0.1, -0.05) is 6.07 Å². The monoisotopic (exact) mass is 258 g/mol. The van der Waals surface area contributed by atoms with Gasteiger partial charge >= 0.3 is 0 Å². The summed E-state index contributed by atoms with van der Waals surface area (Å²) in [5, 5.41) is 6.45.